The van der Waals surface area contributed by atoms with E-state index in [1.54, 1.807) is 16.8 Å². The number of benzene rings is 3. The summed E-state index contributed by atoms with van der Waals surface area (Å²) in [4.78, 5) is 12.6. The van der Waals surface area contributed by atoms with E-state index in [4.69, 9.17) is 16.7 Å². The average Bonchev–Trinajstić information content (AvgIpc) is 3.17. The van der Waals surface area contributed by atoms with Crippen LogP contribution in [0.2, 0.25) is 5.02 Å². The van der Waals surface area contributed by atoms with Crippen molar-refractivity contribution in [2.24, 2.45) is 5.14 Å². The Kier molecular flexibility index (Phi) is 6.71. The predicted molar refractivity (Wildman–Crippen MR) is 132 cm³/mol. The number of nitriles is 1. The molecule has 7 nitrogen and oxygen atoms in total. The summed E-state index contributed by atoms with van der Waals surface area (Å²) in [5, 5.41) is 18.3. The Bertz CT molecular complexity index is 1600. The van der Waals surface area contributed by atoms with Crippen molar-refractivity contribution in [3.63, 3.8) is 0 Å². The second kappa shape index (κ2) is 9.72. The van der Waals surface area contributed by atoms with E-state index in [0.717, 1.165) is 10.9 Å². The van der Waals surface area contributed by atoms with Gasteiger partial charge in [0.25, 0.3) is 5.91 Å². The summed E-state index contributed by atoms with van der Waals surface area (Å²) >= 11 is 6.20. The number of fused-ring (bicyclic) bond motifs is 1. The normalized spacial score (nSPS) is 11.9. The Hall–Kier alpha value is -3.97. The molecule has 3 aromatic carbocycles. The van der Waals surface area contributed by atoms with Crippen LogP contribution in [0.1, 0.15) is 11.1 Å². The molecule has 0 unspecified atom stereocenters. The molecular weight excluding hydrogens is 491 g/mol. The molecule has 3 N–H and O–H groups in total. The van der Waals surface area contributed by atoms with Crippen molar-refractivity contribution in [1.29, 1.82) is 5.26 Å². The Morgan fingerprint density at radius 3 is 2.49 bits per heavy atom. The minimum Gasteiger partial charge on any atom is -0.342 e. The highest BCUT2D eigenvalue weighted by molar-refractivity contribution is 7.89. The second-order valence-electron chi connectivity index (χ2n) is 7.62. The van der Waals surface area contributed by atoms with E-state index in [9.17, 15) is 22.9 Å². The number of hydrogen-bond donors (Lipinski definition) is 2. The first-order valence-corrected chi connectivity index (χ1v) is 12.2. The van der Waals surface area contributed by atoms with Crippen LogP contribution >= 0.6 is 11.6 Å². The van der Waals surface area contributed by atoms with Gasteiger partial charge in [0.1, 0.15) is 17.5 Å². The molecule has 0 spiro atoms. The van der Waals surface area contributed by atoms with Crippen LogP contribution in [0.4, 0.5) is 10.1 Å². The molecule has 35 heavy (non-hydrogen) atoms. The first-order chi connectivity index (χ1) is 16.7. The first-order valence-electron chi connectivity index (χ1n) is 10.2. The number of amides is 1. The predicted octanol–water partition coefficient (Wildman–Crippen LogP) is 4.68. The van der Waals surface area contributed by atoms with E-state index in [1.165, 1.54) is 42.5 Å². The van der Waals surface area contributed by atoms with Gasteiger partial charge in [-0.1, -0.05) is 35.9 Å². The quantitative estimate of drug-likeness (QED) is 0.290. The number of halogens is 2. The highest BCUT2D eigenvalue weighted by Crippen LogP contribution is 2.27. The molecule has 1 aromatic heterocycles. The Morgan fingerprint density at radius 1 is 1.11 bits per heavy atom. The number of anilines is 1. The van der Waals surface area contributed by atoms with Gasteiger partial charge in [0.05, 0.1) is 11.4 Å². The van der Waals surface area contributed by atoms with Gasteiger partial charge in [-0.25, -0.2) is 17.9 Å². The van der Waals surface area contributed by atoms with Gasteiger partial charge in [-0.05, 0) is 48.5 Å². The Morgan fingerprint density at radius 2 is 1.83 bits per heavy atom. The van der Waals surface area contributed by atoms with E-state index in [2.05, 4.69) is 5.32 Å². The number of para-hydroxylation sites is 1. The Balaban J connectivity index is 1.66. The van der Waals surface area contributed by atoms with Gasteiger partial charge in [-0.2, -0.15) is 5.26 Å². The molecule has 0 aliphatic heterocycles. The summed E-state index contributed by atoms with van der Waals surface area (Å²) in [6.07, 6.45) is 3.16. The van der Waals surface area contributed by atoms with E-state index < -0.39 is 21.7 Å². The maximum absolute atomic E-state index is 14.4. The molecule has 0 atom stereocenters. The molecule has 0 bridgehead atoms. The van der Waals surface area contributed by atoms with Crippen LogP contribution < -0.4 is 10.5 Å². The third-order valence-corrected chi connectivity index (χ3v) is 6.60. The summed E-state index contributed by atoms with van der Waals surface area (Å²) in [6, 6.07) is 18.9. The van der Waals surface area contributed by atoms with Gasteiger partial charge in [-0.3, -0.25) is 4.79 Å². The molecule has 4 aromatic rings. The monoisotopic (exact) mass is 508 g/mol. The van der Waals surface area contributed by atoms with Crippen molar-refractivity contribution in [3.8, 4) is 6.07 Å². The number of rotatable bonds is 6. The number of nitrogens with two attached hydrogens (primary N) is 1. The van der Waals surface area contributed by atoms with Gasteiger partial charge < -0.3 is 9.88 Å². The number of nitrogens with one attached hydrogen (secondary N) is 1. The SMILES string of the molecule is N#C/C(=C\c1cn(Cc2c(F)cccc2Cl)c2ccccc12)C(=O)Nc1ccc(S(N)(=O)=O)cc1. The molecule has 0 fully saturated rings. The zero-order valence-corrected chi connectivity index (χ0v) is 19.6. The van der Waals surface area contributed by atoms with Gasteiger partial charge in [0, 0.05) is 38.9 Å². The molecule has 176 valence electrons. The third-order valence-electron chi connectivity index (χ3n) is 5.32. The number of carbonyl (C=O) groups excluding carboxylic acids is 1. The minimum absolute atomic E-state index is 0.102. The molecule has 1 heterocycles. The number of nitrogens with zero attached hydrogens (tertiary/aromatic N) is 2. The fourth-order valence-corrected chi connectivity index (χ4v) is 4.34. The van der Waals surface area contributed by atoms with Gasteiger partial charge >= 0.3 is 0 Å². The van der Waals surface area contributed by atoms with Crippen LogP contribution in [0.3, 0.4) is 0 Å². The summed E-state index contributed by atoms with van der Waals surface area (Å²) in [7, 11) is -3.87. The Labute approximate surface area is 205 Å². The van der Waals surface area contributed by atoms with E-state index in [0.29, 0.717) is 21.8 Å². The maximum Gasteiger partial charge on any atom is 0.266 e. The van der Waals surface area contributed by atoms with Crippen molar-refractivity contribution in [2.75, 3.05) is 5.32 Å². The molecule has 0 radical (unpaired) electrons. The summed E-state index contributed by atoms with van der Waals surface area (Å²) in [5.41, 5.74) is 1.80. The number of sulfonamides is 1. The zero-order chi connectivity index (χ0) is 25.2. The molecular formula is C25H18ClFN4O3S. The fourth-order valence-electron chi connectivity index (χ4n) is 3.61. The van der Waals surface area contributed by atoms with Gasteiger partial charge in [0.15, 0.2) is 0 Å². The van der Waals surface area contributed by atoms with E-state index in [1.807, 2.05) is 30.3 Å². The molecule has 0 aliphatic carbocycles. The highest BCUT2D eigenvalue weighted by atomic mass is 35.5. The number of aromatic nitrogens is 1. The lowest BCUT2D eigenvalue weighted by Crippen LogP contribution is -2.14. The molecule has 0 saturated heterocycles. The summed E-state index contributed by atoms with van der Waals surface area (Å²) in [5.74, 6) is -1.11. The molecule has 10 heteroatoms. The highest BCUT2D eigenvalue weighted by Gasteiger charge is 2.15. The topological polar surface area (TPSA) is 118 Å². The van der Waals surface area contributed by atoms with Crippen molar-refractivity contribution in [1.82, 2.24) is 4.57 Å². The van der Waals surface area contributed by atoms with E-state index in [-0.39, 0.29) is 17.0 Å². The molecule has 0 aliphatic rings. The van der Waals surface area contributed by atoms with Gasteiger partial charge in [0.2, 0.25) is 10.0 Å². The van der Waals surface area contributed by atoms with Crippen molar-refractivity contribution >= 4 is 50.2 Å². The van der Waals surface area contributed by atoms with Crippen LogP contribution in [0.5, 0.6) is 0 Å². The number of primary sulfonamides is 1. The summed E-state index contributed by atoms with van der Waals surface area (Å²) < 4.78 is 38.9. The first kappa shape index (κ1) is 24.2. The van der Waals surface area contributed by atoms with Crippen LogP contribution in [-0.2, 0) is 21.4 Å². The van der Waals surface area contributed by atoms with Crippen molar-refractivity contribution < 1.29 is 17.6 Å². The molecule has 4 rings (SSSR count). The smallest absolute Gasteiger partial charge is 0.266 e. The summed E-state index contributed by atoms with van der Waals surface area (Å²) in [6.45, 7) is 0.157. The van der Waals surface area contributed by atoms with Crippen LogP contribution in [0, 0.1) is 17.1 Å². The standard InChI is InChI=1S/C25H18ClFN4O3S/c26-22-5-3-6-23(27)21(22)15-31-14-17(20-4-1-2-7-24(20)31)12-16(13-28)25(32)30-18-8-10-19(11-9-18)35(29,33)34/h1-12,14H,15H2,(H,30,32)(H2,29,33,34)/b16-12+. The lowest BCUT2D eigenvalue weighted by molar-refractivity contribution is -0.112. The van der Waals surface area contributed by atoms with Crippen LogP contribution in [-0.4, -0.2) is 18.9 Å². The average molecular weight is 509 g/mol. The van der Waals surface area contributed by atoms with E-state index >= 15 is 0 Å². The van der Waals surface area contributed by atoms with Gasteiger partial charge in [-0.15, -0.1) is 0 Å². The maximum atomic E-state index is 14.4. The number of hydrogen-bond acceptors (Lipinski definition) is 4. The largest absolute Gasteiger partial charge is 0.342 e. The van der Waals surface area contributed by atoms with Crippen molar-refractivity contribution in [2.45, 2.75) is 11.4 Å². The number of carbonyl (C=O) groups is 1. The second-order valence-corrected chi connectivity index (χ2v) is 9.59. The lowest BCUT2D eigenvalue weighted by Gasteiger charge is -2.08. The van der Waals surface area contributed by atoms with Crippen molar-refractivity contribution in [3.05, 3.63) is 100 Å². The zero-order valence-electron chi connectivity index (χ0n) is 18.1. The molecule has 1 amide bonds. The molecule has 0 saturated carbocycles. The lowest BCUT2D eigenvalue weighted by atomic mass is 10.1. The fraction of sp³-hybridized carbons (Fsp3) is 0.0400. The van der Waals surface area contributed by atoms with Crippen LogP contribution in [0.25, 0.3) is 17.0 Å². The minimum atomic E-state index is -3.87. The van der Waals surface area contributed by atoms with Crippen LogP contribution in [0.15, 0.2) is 83.4 Å². The third kappa shape index (κ3) is 5.25.